The van der Waals surface area contributed by atoms with Crippen molar-refractivity contribution in [2.24, 2.45) is 0 Å². The molecule has 0 aliphatic carbocycles. The first-order valence-electron chi connectivity index (χ1n) is 10.5. The molecule has 1 fully saturated rings. The molecular weight excluding hydrogens is 428 g/mol. The lowest BCUT2D eigenvalue weighted by atomic mass is 10.1. The van der Waals surface area contributed by atoms with Gasteiger partial charge in [-0.1, -0.05) is 30.3 Å². The predicted molar refractivity (Wildman–Crippen MR) is 121 cm³/mol. The van der Waals surface area contributed by atoms with Crippen LogP contribution in [0.3, 0.4) is 0 Å². The van der Waals surface area contributed by atoms with Crippen LogP contribution in [-0.4, -0.2) is 69.3 Å². The smallest absolute Gasteiger partial charge is 0.252 e. The number of hydrogen-bond acceptors (Lipinski definition) is 6. The molecule has 0 atom stereocenters. The van der Waals surface area contributed by atoms with Crippen molar-refractivity contribution < 1.29 is 13.2 Å². The minimum Gasteiger partial charge on any atom is -0.340 e. The summed E-state index contributed by atoms with van der Waals surface area (Å²) in [7, 11) is -3.52. The number of fused-ring (bicyclic) bond motifs is 1. The molecule has 1 amide bonds. The monoisotopic (exact) mass is 454 g/mol. The highest BCUT2D eigenvalue weighted by Crippen LogP contribution is 2.17. The number of rotatable bonds is 6. The number of aryl methyl sites for hydroxylation is 2. The van der Waals surface area contributed by atoms with Crippen molar-refractivity contribution in [1.82, 2.24) is 28.8 Å². The molecule has 1 aromatic carbocycles. The highest BCUT2D eigenvalue weighted by Gasteiger charge is 2.27. The van der Waals surface area contributed by atoms with Gasteiger partial charge in [0.05, 0.1) is 0 Å². The van der Waals surface area contributed by atoms with Gasteiger partial charge in [-0.2, -0.15) is 14.4 Å². The number of aromatic nitrogens is 4. The van der Waals surface area contributed by atoms with E-state index in [0.717, 1.165) is 22.5 Å². The van der Waals surface area contributed by atoms with Crippen molar-refractivity contribution in [3.05, 3.63) is 64.6 Å². The Balaban J connectivity index is 1.33. The third kappa shape index (κ3) is 4.71. The van der Waals surface area contributed by atoms with Crippen LogP contribution in [0, 0.1) is 13.8 Å². The Hall–Kier alpha value is -3.11. The molecule has 3 heterocycles. The van der Waals surface area contributed by atoms with Gasteiger partial charge in [0, 0.05) is 49.4 Å². The van der Waals surface area contributed by atoms with Crippen molar-refractivity contribution >= 4 is 27.8 Å². The van der Waals surface area contributed by atoms with Crippen LogP contribution in [0.15, 0.2) is 42.1 Å². The van der Waals surface area contributed by atoms with E-state index < -0.39 is 10.0 Å². The number of sulfonamides is 1. The van der Waals surface area contributed by atoms with Gasteiger partial charge in [-0.3, -0.25) is 4.79 Å². The molecule has 9 nitrogen and oxygen atoms in total. The van der Waals surface area contributed by atoms with Crippen LogP contribution in [-0.2, 0) is 21.2 Å². The first-order valence-corrected chi connectivity index (χ1v) is 12.0. The number of piperazine rings is 1. The van der Waals surface area contributed by atoms with Gasteiger partial charge < -0.3 is 4.90 Å². The first-order chi connectivity index (χ1) is 15.3. The Kier molecular flexibility index (Phi) is 6.33. The van der Waals surface area contributed by atoms with Gasteiger partial charge in [0.15, 0.2) is 0 Å². The average Bonchev–Trinajstić information content (AvgIpc) is 3.27. The van der Waals surface area contributed by atoms with Crippen molar-refractivity contribution in [2.75, 3.05) is 26.2 Å². The van der Waals surface area contributed by atoms with Crippen LogP contribution in [0.2, 0.25) is 0 Å². The van der Waals surface area contributed by atoms with E-state index in [1.165, 1.54) is 16.0 Å². The zero-order valence-electron chi connectivity index (χ0n) is 18.2. The van der Waals surface area contributed by atoms with Crippen LogP contribution in [0.4, 0.5) is 0 Å². The van der Waals surface area contributed by atoms with E-state index in [9.17, 15) is 13.2 Å². The Morgan fingerprint density at radius 3 is 2.53 bits per heavy atom. The second-order valence-corrected chi connectivity index (χ2v) is 9.59. The van der Waals surface area contributed by atoms with E-state index in [1.54, 1.807) is 15.5 Å². The Morgan fingerprint density at radius 2 is 1.81 bits per heavy atom. The van der Waals surface area contributed by atoms with E-state index >= 15 is 0 Å². The normalized spacial score (nSPS) is 15.6. The fourth-order valence-corrected chi connectivity index (χ4v) is 5.09. The van der Waals surface area contributed by atoms with Gasteiger partial charge >= 0.3 is 0 Å². The molecule has 1 saturated heterocycles. The number of carbonyl (C=O) groups is 1. The molecule has 2 aromatic heterocycles. The van der Waals surface area contributed by atoms with Gasteiger partial charge in [0.2, 0.25) is 15.9 Å². The molecule has 168 valence electrons. The Morgan fingerprint density at radius 1 is 1.09 bits per heavy atom. The molecule has 1 aliphatic heterocycles. The SMILES string of the molecule is Cc1nc2ncnn2c(C)c1CCC(=O)N1CCN(S(=O)(=O)C=Cc2ccccc2)CC1. The molecule has 0 N–H and O–H groups in total. The van der Waals surface area contributed by atoms with E-state index in [1.807, 2.05) is 44.2 Å². The molecule has 10 heteroatoms. The van der Waals surface area contributed by atoms with Gasteiger partial charge in [-0.15, -0.1) is 0 Å². The largest absolute Gasteiger partial charge is 0.340 e. The third-order valence-electron chi connectivity index (χ3n) is 5.76. The summed E-state index contributed by atoms with van der Waals surface area (Å²) in [6, 6.07) is 9.30. The Labute approximate surface area is 187 Å². The quantitative estimate of drug-likeness (QED) is 0.563. The fraction of sp³-hybridized carbons (Fsp3) is 0.364. The van der Waals surface area contributed by atoms with Crippen LogP contribution < -0.4 is 0 Å². The third-order valence-corrected chi connectivity index (χ3v) is 7.33. The average molecular weight is 455 g/mol. The highest BCUT2D eigenvalue weighted by atomic mass is 32.2. The molecule has 4 rings (SSSR count). The van der Waals surface area contributed by atoms with Crippen LogP contribution in [0.1, 0.15) is 28.9 Å². The zero-order chi connectivity index (χ0) is 22.7. The summed E-state index contributed by atoms with van der Waals surface area (Å²) in [4.78, 5) is 23.1. The maximum Gasteiger partial charge on any atom is 0.252 e. The maximum absolute atomic E-state index is 12.8. The molecule has 0 bridgehead atoms. The minimum atomic E-state index is -3.52. The van der Waals surface area contributed by atoms with Crippen molar-refractivity contribution in [1.29, 1.82) is 0 Å². The van der Waals surface area contributed by atoms with E-state index in [4.69, 9.17) is 0 Å². The predicted octanol–water partition coefficient (Wildman–Crippen LogP) is 1.82. The van der Waals surface area contributed by atoms with Gasteiger partial charge in [-0.25, -0.2) is 17.9 Å². The van der Waals surface area contributed by atoms with Crippen LogP contribution in [0.25, 0.3) is 11.9 Å². The summed E-state index contributed by atoms with van der Waals surface area (Å²) >= 11 is 0. The summed E-state index contributed by atoms with van der Waals surface area (Å²) in [5, 5.41) is 5.42. The van der Waals surface area contributed by atoms with Gasteiger partial charge in [0.25, 0.3) is 5.78 Å². The van der Waals surface area contributed by atoms with Gasteiger partial charge in [0.1, 0.15) is 6.33 Å². The number of benzene rings is 1. The molecule has 0 unspecified atom stereocenters. The van der Waals surface area contributed by atoms with E-state index in [-0.39, 0.29) is 19.0 Å². The first kappa shape index (κ1) is 22.1. The molecule has 0 saturated carbocycles. The second kappa shape index (κ2) is 9.17. The lowest BCUT2D eigenvalue weighted by Crippen LogP contribution is -2.50. The van der Waals surface area contributed by atoms with Crippen molar-refractivity contribution in [3.8, 4) is 0 Å². The highest BCUT2D eigenvalue weighted by molar-refractivity contribution is 7.92. The maximum atomic E-state index is 12.8. The second-order valence-electron chi connectivity index (χ2n) is 7.77. The number of hydrogen-bond donors (Lipinski definition) is 0. The number of amides is 1. The Bertz CT molecular complexity index is 1250. The van der Waals surface area contributed by atoms with E-state index in [0.29, 0.717) is 31.7 Å². The summed E-state index contributed by atoms with van der Waals surface area (Å²) < 4.78 is 28.3. The molecule has 3 aromatic rings. The molecule has 0 radical (unpaired) electrons. The zero-order valence-corrected chi connectivity index (χ0v) is 19.0. The van der Waals surface area contributed by atoms with Crippen molar-refractivity contribution in [3.63, 3.8) is 0 Å². The summed E-state index contributed by atoms with van der Waals surface area (Å²) in [6.07, 6.45) is 3.95. The molecule has 1 aliphatic rings. The lowest BCUT2D eigenvalue weighted by molar-refractivity contribution is -0.132. The summed E-state index contributed by atoms with van der Waals surface area (Å²) in [6.45, 7) is 5.21. The topological polar surface area (TPSA) is 101 Å². The summed E-state index contributed by atoms with van der Waals surface area (Å²) in [5.74, 6) is 0.563. The number of carbonyl (C=O) groups excluding carboxylic acids is 1. The van der Waals surface area contributed by atoms with E-state index in [2.05, 4.69) is 15.1 Å². The minimum absolute atomic E-state index is 0.0133. The molecular formula is C22H26N6O3S. The fourth-order valence-electron chi connectivity index (χ4n) is 3.91. The van der Waals surface area contributed by atoms with Crippen LogP contribution in [0.5, 0.6) is 0 Å². The summed E-state index contributed by atoms with van der Waals surface area (Å²) in [5.41, 5.74) is 3.59. The number of nitrogens with zero attached hydrogens (tertiary/aromatic N) is 6. The van der Waals surface area contributed by atoms with Gasteiger partial charge in [-0.05, 0) is 37.5 Å². The van der Waals surface area contributed by atoms with Crippen LogP contribution >= 0.6 is 0 Å². The molecule has 32 heavy (non-hydrogen) atoms. The standard InChI is InChI=1S/C22H26N6O3S/c1-17-20(18(2)28-22(25-17)23-16-24-28)8-9-21(29)26-11-13-27(14-12-26)32(30,31)15-10-19-6-4-3-5-7-19/h3-7,10,15-16H,8-9,11-14H2,1-2H3. The van der Waals surface area contributed by atoms with Crippen molar-refractivity contribution in [2.45, 2.75) is 26.7 Å². The lowest BCUT2D eigenvalue weighted by Gasteiger charge is -2.33. The molecule has 0 spiro atoms.